The maximum absolute atomic E-state index is 13.7. The summed E-state index contributed by atoms with van der Waals surface area (Å²) in [6, 6.07) is 16.0. The molecular weight excluding hydrogens is 454 g/mol. The van der Waals surface area contributed by atoms with E-state index < -0.39 is 22.1 Å². The highest BCUT2D eigenvalue weighted by Gasteiger charge is 2.35. The summed E-state index contributed by atoms with van der Waals surface area (Å²) in [6.07, 6.45) is 4.96. The lowest BCUT2D eigenvalue weighted by atomic mass is 10.0. The molecule has 3 heterocycles. The molecule has 1 N–H and O–H groups in total. The van der Waals surface area contributed by atoms with Crippen molar-refractivity contribution >= 4 is 27.3 Å². The van der Waals surface area contributed by atoms with Gasteiger partial charge in [-0.15, -0.1) is 0 Å². The van der Waals surface area contributed by atoms with E-state index in [0.717, 1.165) is 22.3 Å². The molecule has 0 unspecified atom stereocenters. The maximum atomic E-state index is 13.7. The Bertz CT molecular complexity index is 1500. The zero-order valence-electron chi connectivity index (χ0n) is 18.5. The van der Waals surface area contributed by atoms with Crippen LogP contribution < -0.4 is 9.04 Å². The summed E-state index contributed by atoms with van der Waals surface area (Å²) in [7, 11) is -3.91. The highest BCUT2D eigenvalue weighted by molar-refractivity contribution is 7.92. The molecule has 0 spiro atoms. The van der Waals surface area contributed by atoms with Gasteiger partial charge in [0.25, 0.3) is 10.0 Å². The molecule has 174 valence electrons. The lowest BCUT2D eigenvalue weighted by Crippen LogP contribution is -2.43. The van der Waals surface area contributed by atoms with Crippen LogP contribution in [0.15, 0.2) is 78.1 Å². The van der Waals surface area contributed by atoms with Crippen LogP contribution in [0.5, 0.6) is 5.75 Å². The quantitative estimate of drug-likeness (QED) is 0.448. The van der Waals surface area contributed by atoms with Gasteiger partial charge in [0.15, 0.2) is 0 Å². The summed E-state index contributed by atoms with van der Waals surface area (Å²) in [6.45, 7) is 1.86. The van der Waals surface area contributed by atoms with Gasteiger partial charge in [0.1, 0.15) is 17.5 Å². The normalized spacial score (nSPS) is 15.7. The molecule has 9 heteroatoms. The van der Waals surface area contributed by atoms with E-state index in [0.29, 0.717) is 11.4 Å². The zero-order valence-corrected chi connectivity index (χ0v) is 19.3. The van der Waals surface area contributed by atoms with Crippen LogP contribution in [0, 0.1) is 6.92 Å². The van der Waals surface area contributed by atoms with E-state index in [-0.39, 0.29) is 24.3 Å². The van der Waals surface area contributed by atoms with Crippen LogP contribution in [-0.2, 0) is 14.8 Å². The van der Waals surface area contributed by atoms with Gasteiger partial charge in [0, 0.05) is 30.6 Å². The molecule has 1 atom stereocenters. The Labute approximate surface area is 197 Å². The van der Waals surface area contributed by atoms with E-state index in [4.69, 9.17) is 9.84 Å². The Morgan fingerprint density at radius 2 is 2.00 bits per heavy atom. The summed E-state index contributed by atoms with van der Waals surface area (Å²) in [4.78, 5) is 15.7. The lowest BCUT2D eigenvalue weighted by molar-refractivity contribution is -0.137. The third kappa shape index (κ3) is 3.99. The number of aryl methyl sites for hydroxylation is 1. The number of aliphatic carboxylic acids is 1. The smallest absolute Gasteiger partial charge is 0.303 e. The molecule has 0 saturated carbocycles. The van der Waals surface area contributed by atoms with Crippen molar-refractivity contribution in [2.24, 2.45) is 0 Å². The molecule has 1 aliphatic heterocycles. The van der Waals surface area contributed by atoms with Gasteiger partial charge in [-0.3, -0.25) is 9.10 Å². The Balaban J connectivity index is 1.62. The number of fused-ring (bicyclic) bond motifs is 2. The number of aromatic nitrogens is 2. The summed E-state index contributed by atoms with van der Waals surface area (Å²) >= 11 is 0. The van der Waals surface area contributed by atoms with Crippen molar-refractivity contribution in [1.29, 1.82) is 0 Å². The molecule has 0 radical (unpaired) electrons. The van der Waals surface area contributed by atoms with E-state index in [1.165, 1.54) is 4.31 Å². The Kier molecular flexibility index (Phi) is 5.49. The summed E-state index contributed by atoms with van der Waals surface area (Å²) in [5.41, 5.74) is 3.66. The number of carboxylic acid groups (broad SMARTS) is 1. The molecule has 0 fully saturated rings. The molecule has 34 heavy (non-hydrogen) atoms. The summed E-state index contributed by atoms with van der Waals surface area (Å²) in [5, 5.41) is 9.11. The first-order valence-electron chi connectivity index (χ1n) is 10.9. The van der Waals surface area contributed by atoms with Crippen LogP contribution >= 0.6 is 0 Å². The number of hydrogen-bond donors (Lipinski definition) is 1. The highest BCUT2D eigenvalue weighted by atomic mass is 32.2. The number of pyridine rings is 1. The number of nitrogens with zero attached hydrogens (tertiary/aromatic N) is 3. The summed E-state index contributed by atoms with van der Waals surface area (Å²) in [5.74, 6) is -0.553. The molecule has 0 bridgehead atoms. The number of ether oxygens (including phenoxy) is 1. The van der Waals surface area contributed by atoms with E-state index in [2.05, 4.69) is 4.98 Å². The van der Waals surface area contributed by atoms with E-state index >= 15 is 0 Å². The lowest BCUT2D eigenvalue weighted by Gasteiger charge is -2.35. The van der Waals surface area contributed by atoms with Gasteiger partial charge < -0.3 is 14.2 Å². The van der Waals surface area contributed by atoms with Crippen LogP contribution in [0.25, 0.3) is 16.8 Å². The number of carbonyl (C=O) groups is 1. The fourth-order valence-electron chi connectivity index (χ4n) is 4.22. The van der Waals surface area contributed by atoms with E-state index in [1.54, 1.807) is 36.5 Å². The molecule has 0 amide bonds. The predicted octanol–water partition coefficient (Wildman–Crippen LogP) is 4.13. The molecule has 0 aliphatic carbocycles. The second-order valence-electron chi connectivity index (χ2n) is 8.29. The fraction of sp³-hybridized carbons (Fsp3) is 0.200. The SMILES string of the molecule is Cc1cccc(S(=O)(=O)N2C[C@H](CCC(=O)O)Oc3ccc(-c4cccn5ccnc45)cc32)c1. The molecule has 0 saturated heterocycles. The van der Waals surface area contributed by atoms with Crippen LogP contribution in [0.1, 0.15) is 18.4 Å². The van der Waals surface area contributed by atoms with Crippen molar-refractivity contribution in [3.05, 3.63) is 78.8 Å². The standard InChI is InChI=1S/C25H23N3O5S/c1-17-4-2-5-20(14-17)34(31,32)28-16-19(8-10-24(29)30)33-23-9-7-18(15-22(23)28)21-6-3-12-27-13-11-26-25(21)27/h2-7,9,11-15,19H,8,10,16H2,1H3,(H,29,30)/t19-/m0/s1. The van der Waals surface area contributed by atoms with Crippen molar-refractivity contribution < 1.29 is 23.1 Å². The van der Waals surface area contributed by atoms with Crippen LogP contribution in [0.3, 0.4) is 0 Å². The Hall–Kier alpha value is -3.85. The molecule has 5 rings (SSSR count). The van der Waals surface area contributed by atoms with Crippen molar-refractivity contribution in [2.45, 2.75) is 30.8 Å². The van der Waals surface area contributed by atoms with E-state index in [1.807, 2.05) is 48.0 Å². The number of hydrogen-bond acceptors (Lipinski definition) is 5. The Morgan fingerprint density at radius 3 is 2.79 bits per heavy atom. The minimum Gasteiger partial charge on any atom is -0.486 e. The van der Waals surface area contributed by atoms with Crippen LogP contribution in [0.2, 0.25) is 0 Å². The van der Waals surface area contributed by atoms with Gasteiger partial charge in [-0.2, -0.15) is 0 Å². The fourth-order valence-corrected chi connectivity index (χ4v) is 5.82. The van der Waals surface area contributed by atoms with E-state index in [9.17, 15) is 13.2 Å². The predicted molar refractivity (Wildman–Crippen MR) is 128 cm³/mol. The van der Waals surface area contributed by atoms with Gasteiger partial charge >= 0.3 is 5.97 Å². The minimum absolute atomic E-state index is 0.0214. The number of sulfonamides is 1. The van der Waals surface area contributed by atoms with Gasteiger partial charge in [-0.25, -0.2) is 13.4 Å². The Morgan fingerprint density at radius 1 is 1.15 bits per heavy atom. The molecule has 4 aromatic rings. The zero-order chi connectivity index (χ0) is 23.9. The number of rotatable bonds is 6. The third-order valence-corrected chi connectivity index (χ3v) is 7.65. The van der Waals surface area contributed by atoms with Crippen molar-refractivity contribution in [2.75, 3.05) is 10.8 Å². The van der Waals surface area contributed by atoms with Gasteiger partial charge in [-0.1, -0.05) is 18.2 Å². The molecule has 8 nitrogen and oxygen atoms in total. The van der Waals surface area contributed by atoms with Crippen LogP contribution in [-0.4, -0.2) is 41.5 Å². The molecule has 1 aliphatic rings. The van der Waals surface area contributed by atoms with Crippen LogP contribution in [0.4, 0.5) is 5.69 Å². The monoisotopic (exact) mass is 477 g/mol. The van der Waals surface area contributed by atoms with Crippen molar-refractivity contribution in [3.8, 4) is 16.9 Å². The molecular formula is C25H23N3O5S. The first-order valence-corrected chi connectivity index (χ1v) is 12.3. The van der Waals surface area contributed by atoms with Crippen molar-refractivity contribution in [3.63, 3.8) is 0 Å². The largest absolute Gasteiger partial charge is 0.486 e. The number of carboxylic acids is 1. The molecule has 2 aromatic heterocycles. The number of anilines is 1. The average Bonchev–Trinajstić information content (AvgIpc) is 3.31. The number of imidazole rings is 1. The third-order valence-electron chi connectivity index (χ3n) is 5.88. The maximum Gasteiger partial charge on any atom is 0.303 e. The minimum atomic E-state index is -3.91. The summed E-state index contributed by atoms with van der Waals surface area (Å²) < 4.78 is 36.8. The topological polar surface area (TPSA) is 101 Å². The first-order chi connectivity index (χ1) is 16.3. The van der Waals surface area contributed by atoms with Crippen molar-refractivity contribution in [1.82, 2.24) is 9.38 Å². The first kappa shape index (κ1) is 22.0. The van der Waals surface area contributed by atoms with Gasteiger partial charge in [-0.05, 0) is 60.9 Å². The van der Waals surface area contributed by atoms with Gasteiger partial charge in [0.05, 0.1) is 17.1 Å². The second-order valence-corrected chi connectivity index (χ2v) is 10.1. The van der Waals surface area contributed by atoms with Gasteiger partial charge in [0.2, 0.25) is 0 Å². The number of benzene rings is 2. The molecule has 2 aromatic carbocycles. The highest BCUT2D eigenvalue weighted by Crippen LogP contribution is 2.41. The second kappa shape index (κ2) is 8.49. The average molecular weight is 478 g/mol.